The molecule has 32 heavy (non-hydrogen) atoms. The van der Waals surface area contributed by atoms with Gasteiger partial charge < -0.3 is 9.64 Å². The van der Waals surface area contributed by atoms with E-state index in [4.69, 9.17) is 4.74 Å². The SMILES string of the molecule is C=CCCCCCCN(CCCCCCC(C)COCCCCCCCCC)C1=CC=C1. The van der Waals surface area contributed by atoms with Crippen molar-refractivity contribution in [3.8, 4) is 0 Å². The van der Waals surface area contributed by atoms with E-state index in [9.17, 15) is 0 Å². The topological polar surface area (TPSA) is 12.5 Å². The standard InChI is InChI=1S/C30H55NO/c1-4-6-8-10-12-16-20-27-32-28-29(3)22-17-13-15-19-26-31(30-23-21-24-30)25-18-14-11-9-7-5-2/h5,21,23-24,29H,2,4,6-20,22,25-28H2,1,3H3. The lowest BCUT2D eigenvalue weighted by molar-refractivity contribution is 0.0976. The Labute approximate surface area is 201 Å². The lowest BCUT2D eigenvalue weighted by Crippen LogP contribution is -2.26. The molecule has 1 atom stereocenters. The van der Waals surface area contributed by atoms with Crippen LogP contribution >= 0.6 is 0 Å². The van der Waals surface area contributed by atoms with Crippen molar-refractivity contribution in [3.63, 3.8) is 0 Å². The molecule has 0 bridgehead atoms. The molecule has 0 N–H and O–H groups in total. The summed E-state index contributed by atoms with van der Waals surface area (Å²) in [6.45, 7) is 12.8. The molecule has 1 aliphatic carbocycles. The first-order valence-corrected chi connectivity index (χ1v) is 14.1. The summed E-state index contributed by atoms with van der Waals surface area (Å²) in [5, 5.41) is 0. The Balaban J connectivity index is 1.93. The summed E-state index contributed by atoms with van der Waals surface area (Å²) in [4.78, 5) is 2.60. The second-order valence-electron chi connectivity index (χ2n) is 9.93. The highest BCUT2D eigenvalue weighted by atomic mass is 16.5. The fraction of sp³-hybridized carbons (Fsp3) is 0.800. The minimum Gasteiger partial charge on any atom is -0.381 e. The van der Waals surface area contributed by atoms with Crippen molar-refractivity contribution in [1.29, 1.82) is 0 Å². The van der Waals surface area contributed by atoms with Crippen molar-refractivity contribution < 1.29 is 4.74 Å². The Morgan fingerprint density at radius 1 is 0.844 bits per heavy atom. The zero-order valence-corrected chi connectivity index (χ0v) is 21.8. The maximum absolute atomic E-state index is 5.92. The molecular weight excluding hydrogens is 390 g/mol. The van der Waals surface area contributed by atoms with E-state index in [1.165, 1.54) is 128 Å². The highest BCUT2D eigenvalue weighted by Gasteiger charge is 2.10. The number of allylic oxidation sites excluding steroid dienone is 4. The zero-order valence-electron chi connectivity index (χ0n) is 21.8. The van der Waals surface area contributed by atoms with Crippen LogP contribution in [0.5, 0.6) is 0 Å². The van der Waals surface area contributed by atoms with Gasteiger partial charge in [0, 0.05) is 32.0 Å². The number of hydrogen-bond acceptors (Lipinski definition) is 2. The minimum atomic E-state index is 0.711. The summed E-state index contributed by atoms with van der Waals surface area (Å²) in [7, 11) is 0. The van der Waals surface area contributed by atoms with E-state index in [2.05, 4.69) is 43.6 Å². The Bertz CT molecular complexity index is 481. The molecule has 0 aromatic carbocycles. The Hall–Kier alpha value is -1.02. The molecule has 0 aromatic heterocycles. The van der Waals surface area contributed by atoms with Crippen LogP contribution in [-0.4, -0.2) is 31.2 Å². The van der Waals surface area contributed by atoms with Crippen molar-refractivity contribution in [2.45, 2.75) is 123 Å². The van der Waals surface area contributed by atoms with E-state index >= 15 is 0 Å². The van der Waals surface area contributed by atoms with Gasteiger partial charge in [0.05, 0.1) is 0 Å². The molecular formula is C30H55NO. The molecule has 186 valence electrons. The van der Waals surface area contributed by atoms with Gasteiger partial charge in [0.25, 0.3) is 0 Å². The second kappa shape index (κ2) is 21.8. The summed E-state index contributed by atoms with van der Waals surface area (Å²) < 4.78 is 5.92. The summed E-state index contributed by atoms with van der Waals surface area (Å²) in [5.41, 5.74) is 1.45. The van der Waals surface area contributed by atoms with E-state index in [1.807, 2.05) is 6.08 Å². The molecule has 0 saturated heterocycles. The molecule has 0 aliphatic heterocycles. The van der Waals surface area contributed by atoms with Gasteiger partial charge in [-0.2, -0.15) is 0 Å². The van der Waals surface area contributed by atoms with Crippen molar-refractivity contribution in [2.24, 2.45) is 5.92 Å². The van der Waals surface area contributed by atoms with Gasteiger partial charge >= 0.3 is 0 Å². The Morgan fingerprint density at radius 2 is 1.44 bits per heavy atom. The fourth-order valence-electron chi connectivity index (χ4n) is 4.39. The van der Waals surface area contributed by atoms with Crippen LogP contribution in [0.3, 0.4) is 0 Å². The molecule has 2 nitrogen and oxygen atoms in total. The van der Waals surface area contributed by atoms with E-state index in [0.29, 0.717) is 5.92 Å². The number of unbranched alkanes of at least 4 members (excludes halogenated alkanes) is 13. The average molecular weight is 446 g/mol. The third-order valence-electron chi connectivity index (χ3n) is 6.65. The summed E-state index contributed by atoms with van der Waals surface area (Å²) >= 11 is 0. The first-order valence-electron chi connectivity index (χ1n) is 14.1. The average Bonchev–Trinajstić information content (AvgIpc) is 2.75. The number of rotatable bonds is 25. The van der Waals surface area contributed by atoms with Crippen LogP contribution in [0.15, 0.2) is 36.6 Å². The Kier molecular flexibility index (Phi) is 19.8. The predicted octanol–water partition coefficient (Wildman–Crippen LogP) is 9.23. The van der Waals surface area contributed by atoms with E-state index in [1.54, 1.807) is 0 Å². The van der Waals surface area contributed by atoms with Crippen LogP contribution in [0.1, 0.15) is 123 Å². The molecule has 1 rings (SSSR count). The molecule has 2 heteroatoms. The van der Waals surface area contributed by atoms with Gasteiger partial charge in [0.15, 0.2) is 0 Å². The lowest BCUT2D eigenvalue weighted by Gasteiger charge is -2.28. The first kappa shape index (κ1) is 29.0. The van der Waals surface area contributed by atoms with E-state index in [0.717, 1.165) is 13.2 Å². The van der Waals surface area contributed by atoms with Crippen LogP contribution in [0.2, 0.25) is 0 Å². The molecule has 0 spiro atoms. The van der Waals surface area contributed by atoms with Crippen LogP contribution in [0.25, 0.3) is 0 Å². The summed E-state index contributed by atoms with van der Waals surface area (Å²) in [6, 6.07) is 0. The highest BCUT2D eigenvalue weighted by molar-refractivity contribution is 5.34. The molecule has 0 fully saturated rings. The van der Waals surface area contributed by atoms with Crippen molar-refractivity contribution in [2.75, 3.05) is 26.3 Å². The predicted molar refractivity (Wildman–Crippen MR) is 143 cm³/mol. The van der Waals surface area contributed by atoms with Gasteiger partial charge in [-0.3, -0.25) is 0 Å². The molecule has 0 radical (unpaired) electrons. The van der Waals surface area contributed by atoms with Gasteiger partial charge in [-0.05, 0) is 56.6 Å². The van der Waals surface area contributed by atoms with Gasteiger partial charge in [-0.15, -0.1) is 6.58 Å². The Morgan fingerprint density at radius 3 is 2.06 bits per heavy atom. The maximum Gasteiger partial charge on any atom is 0.0491 e. The van der Waals surface area contributed by atoms with E-state index in [-0.39, 0.29) is 0 Å². The number of nitrogens with zero attached hydrogens (tertiary/aromatic N) is 1. The monoisotopic (exact) mass is 445 g/mol. The smallest absolute Gasteiger partial charge is 0.0491 e. The molecule has 0 heterocycles. The van der Waals surface area contributed by atoms with Gasteiger partial charge in [0.2, 0.25) is 0 Å². The van der Waals surface area contributed by atoms with Crippen molar-refractivity contribution in [3.05, 3.63) is 36.6 Å². The zero-order chi connectivity index (χ0) is 23.1. The third-order valence-corrected chi connectivity index (χ3v) is 6.65. The van der Waals surface area contributed by atoms with Crippen LogP contribution in [0, 0.1) is 5.92 Å². The quantitative estimate of drug-likeness (QED) is 0.102. The highest BCUT2D eigenvalue weighted by Crippen LogP contribution is 2.18. The minimum absolute atomic E-state index is 0.711. The number of hydrogen-bond donors (Lipinski definition) is 0. The molecule has 0 amide bonds. The lowest BCUT2D eigenvalue weighted by atomic mass is 10.0. The third kappa shape index (κ3) is 16.6. The summed E-state index contributed by atoms with van der Waals surface area (Å²) in [6.07, 6.45) is 31.5. The second-order valence-corrected chi connectivity index (χ2v) is 9.93. The molecule has 0 saturated carbocycles. The van der Waals surface area contributed by atoms with Crippen LogP contribution in [0.4, 0.5) is 0 Å². The van der Waals surface area contributed by atoms with Gasteiger partial charge in [-0.25, -0.2) is 0 Å². The maximum atomic E-state index is 5.92. The van der Waals surface area contributed by atoms with Gasteiger partial charge in [0.1, 0.15) is 0 Å². The molecule has 1 unspecified atom stereocenters. The van der Waals surface area contributed by atoms with Crippen molar-refractivity contribution >= 4 is 0 Å². The van der Waals surface area contributed by atoms with E-state index < -0.39 is 0 Å². The largest absolute Gasteiger partial charge is 0.381 e. The molecule has 0 aromatic rings. The van der Waals surface area contributed by atoms with Crippen LogP contribution < -0.4 is 0 Å². The summed E-state index contributed by atoms with van der Waals surface area (Å²) in [5.74, 6) is 0.711. The normalized spacial score (nSPS) is 13.6. The van der Waals surface area contributed by atoms with Crippen LogP contribution in [-0.2, 0) is 4.74 Å². The number of ether oxygens (including phenoxy) is 1. The molecule has 1 aliphatic rings. The first-order chi connectivity index (χ1) is 15.8. The fourth-order valence-corrected chi connectivity index (χ4v) is 4.39. The van der Waals surface area contributed by atoms with Crippen molar-refractivity contribution in [1.82, 2.24) is 4.90 Å². The van der Waals surface area contributed by atoms with Gasteiger partial charge in [-0.1, -0.05) is 96.6 Å².